The van der Waals surface area contributed by atoms with Crippen LogP contribution in [0.1, 0.15) is 36.2 Å². The summed E-state index contributed by atoms with van der Waals surface area (Å²) in [6.45, 7) is 3.46. The molecule has 0 fully saturated rings. The van der Waals surface area contributed by atoms with Crippen molar-refractivity contribution in [3.05, 3.63) is 35.4 Å². The second-order valence-electron chi connectivity index (χ2n) is 4.44. The van der Waals surface area contributed by atoms with E-state index < -0.39 is 0 Å². The van der Waals surface area contributed by atoms with E-state index in [1.54, 1.807) is 6.92 Å². The zero-order valence-electron chi connectivity index (χ0n) is 10.1. The molecule has 3 heteroatoms. The molecule has 0 radical (unpaired) electrons. The van der Waals surface area contributed by atoms with Crippen LogP contribution in [0.15, 0.2) is 24.3 Å². The number of thioether (sulfide) groups is 1. The summed E-state index contributed by atoms with van der Waals surface area (Å²) < 4.78 is 0. The molecule has 0 heterocycles. The summed E-state index contributed by atoms with van der Waals surface area (Å²) in [4.78, 5) is 23.5. The van der Waals surface area contributed by atoms with E-state index in [0.29, 0.717) is 0 Å². The van der Waals surface area contributed by atoms with Crippen molar-refractivity contribution in [3.63, 3.8) is 0 Å². The van der Waals surface area contributed by atoms with Crippen LogP contribution >= 0.6 is 11.8 Å². The van der Waals surface area contributed by atoms with Crippen molar-refractivity contribution in [2.45, 2.75) is 37.2 Å². The summed E-state index contributed by atoms with van der Waals surface area (Å²) in [5, 5.41) is -0.141. The van der Waals surface area contributed by atoms with Crippen LogP contribution in [0.5, 0.6) is 0 Å². The van der Waals surface area contributed by atoms with Crippen LogP contribution in [0.3, 0.4) is 0 Å². The van der Waals surface area contributed by atoms with Gasteiger partial charge in [-0.3, -0.25) is 9.59 Å². The summed E-state index contributed by atoms with van der Waals surface area (Å²) >= 11 is 1.50. The quantitative estimate of drug-likeness (QED) is 0.825. The average molecular weight is 248 g/mol. The van der Waals surface area contributed by atoms with Gasteiger partial charge in [0.1, 0.15) is 5.78 Å². The van der Waals surface area contributed by atoms with Crippen LogP contribution < -0.4 is 0 Å². The van der Waals surface area contributed by atoms with Crippen molar-refractivity contribution in [1.82, 2.24) is 0 Å². The Balaban J connectivity index is 2.15. The first-order valence-corrected chi connectivity index (χ1v) is 6.82. The van der Waals surface area contributed by atoms with Crippen molar-refractivity contribution >= 4 is 23.3 Å². The molecular formula is C14H16O2S. The minimum Gasteiger partial charge on any atom is -0.299 e. The van der Waals surface area contributed by atoms with Crippen LogP contribution in [-0.2, 0) is 11.2 Å². The molecule has 17 heavy (non-hydrogen) atoms. The SMILES string of the molecule is CC(=O)C(C)SC1CCc2ccccc2C1=O. The van der Waals surface area contributed by atoms with Gasteiger partial charge in [0.15, 0.2) is 5.78 Å². The van der Waals surface area contributed by atoms with E-state index in [2.05, 4.69) is 0 Å². The number of hydrogen-bond acceptors (Lipinski definition) is 3. The molecule has 90 valence electrons. The molecule has 1 aromatic carbocycles. The Morgan fingerprint density at radius 1 is 1.41 bits per heavy atom. The average Bonchev–Trinajstić information content (AvgIpc) is 2.33. The molecule has 1 aliphatic rings. The summed E-state index contributed by atoms with van der Waals surface area (Å²) in [6, 6.07) is 7.78. The van der Waals surface area contributed by atoms with Crippen LogP contribution in [0.25, 0.3) is 0 Å². The number of fused-ring (bicyclic) bond motifs is 1. The van der Waals surface area contributed by atoms with E-state index >= 15 is 0 Å². The Kier molecular flexibility index (Phi) is 3.67. The molecule has 2 unspecified atom stereocenters. The summed E-state index contributed by atoms with van der Waals surface area (Å²) in [6.07, 6.45) is 1.78. The van der Waals surface area contributed by atoms with Gasteiger partial charge in [0.25, 0.3) is 0 Å². The van der Waals surface area contributed by atoms with Crippen molar-refractivity contribution < 1.29 is 9.59 Å². The predicted molar refractivity (Wildman–Crippen MR) is 70.6 cm³/mol. The zero-order valence-corrected chi connectivity index (χ0v) is 10.9. The van der Waals surface area contributed by atoms with Crippen molar-refractivity contribution in [3.8, 4) is 0 Å². The molecule has 2 nitrogen and oxygen atoms in total. The Labute approximate surface area is 106 Å². The van der Waals surface area contributed by atoms with Crippen molar-refractivity contribution in [2.24, 2.45) is 0 Å². The standard InChI is InChI=1S/C14H16O2S/c1-9(15)10(2)17-13-8-7-11-5-3-4-6-12(11)14(13)16/h3-6,10,13H,7-8H2,1-2H3. The molecule has 0 saturated heterocycles. The molecule has 0 aromatic heterocycles. The molecule has 1 aliphatic carbocycles. The third-order valence-electron chi connectivity index (χ3n) is 3.19. The Hall–Kier alpha value is -1.09. The van der Waals surface area contributed by atoms with E-state index in [1.807, 2.05) is 31.2 Å². The van der Waals surface area contributed by atoms with Crippen molar-refractivity contribution in [2.75, 3.05) is 0 Å². The van der Waals surface area contributed by atoms with E-state index in [1.165, 1.54) is 11.8 Å². The minimum atomic E-state index is -0.0887. The van der Waals surface area contributed by atoms with Crippen LogP contribution in [0.2, 0.25) is 0 Å². The topological polar surface area (TPSA) is 34.1 Å². The third kappa shape index (κ3) is 2.60. The number of ketones is 2. The number of benzene rings is 1. The predicted octanol–water partition coefficient (Wildman–Crippen LogP) is 2.89. The Bertz CT molecular complexity index is 453. The Morgan fingerprint density at radius 2 is 2.12 bits per heavy atom. The molecular weight excluding hydrogens is 232 g/mol. The van der Waals surface area contributed by atoms with Gasteiger partial charge in [-0.15, -0.1) is 11.8 Å². The highest BCUT2D eigenvalue weighted by atomic mass is 32.2. The maximum atomic E-state index is 12.2. The first kappa shape index (κ1) is 12.4. The molecule has 2 rings (SSSR count). The van der Waals surface area contributed by atoms with Gasteiger partial charge >= 0.3 is 0 Å². The van der Waals surface area contributed by atoms with Crippen LogP contribution in [0.4, 0.5) is 0 Å². The highest BCUT2D eigenvalue weighted by Crippen LogP contribution is 2.31. The van der Waals surface area contributed by atoms with E-state index in [4.69, 9.17) is 0 Å². The lowest BCUT2D eigenvalue weighted by molar-refractivity contribution is -0.116. The van der Waals surface area contributed by atoms with Gasteiger partial charge in [-0.25, -0.2) is 0 Å². The lowest BCUT2D eigenvalue weighted by Gasteiger charge is -2.24. The largest absolute Gasteiger partial charge is 0.299 e. The second-order valence-corrected chi connectivity index (χ2v) is 5.99. The van der Waals surface area contributed by atoms with Gasteiger partial charge in [0.2, 0.25) is 0 Å². The van der Waals surface area contributed by atoms with E-state index in [9.17, 15) is 9.59 Å². The van der Waals surface area contributed by atoms with Gasteiger partial charge < -0.3 is 0 Å². The molecule has 2 atom stereocenters. The van der Waals surface area contributed by atoms with E-state index in [-0.39, 0.29) is 22.1 Å². The lowest BCUT2D eigenvalue weighted by Crippen LogP contribution is -2.27. The Morgan fingerprint density at radius 3 is 2.82 bits per heavy atom. The molecule has 0 amide bonds. The highest BCUT2D eigenvalue weighted by Gasteiger charge is 2.29. The molecule has 0 N–H and O–H groups in total. The van der Waals surface area contributed by atoms with Gasteiger partial charge in [0.05, 0.1) is 10.5 Å². The second kappa shape index (κ2) is 5.05. The van der Waals surface area contributed by atoms with Gasteiger partial charge in [-0.05, 0) is 32.3 Å². The number of hydrogen-bond donors (Lipinski definition) is 0. The fourth-order valence-electron chi connectivity index (χ4n) is 2.04. The summed E-state index contributed by atoms with van der Waals surface area (Å²) in [7, 11) is 0. The minimum absolute atomic E-state index is 0.0520. The van der Waals surface area contributed by atoms with Gasteiger partial charge in [0, 0.05) is 5.56 Å². The maximum absolute atomic E-state index is 12.2. The molecule has 0 aliphatic heterocycles. The number of Topliss-reactive ketones (excluding diaryl/α,β-unsaturated/α-hetero) is 2. The monoisotopic (exact) mass is 248 g/mol. The zero-order chi connectivity index (χ0) is 12.4. The summed E-state index contributed by atoms with van der Waals surface area (Å²) in [5.74, 6) is 0.326. The van der Waals surface area contributed by atoms with Crippen LogP contribution in [0, 0.1) is 0 Å². The number of carbonyl (C=O) groups excluding carboxylic acids is 2. The van der Waals surface area contributed by atoms with E-state index in [0.717, 1.165) is 24.0 Å². The maximum Gasteiger partial charge on any atom is 0.176 e. The van der Waals surface area contributed by atoms with Crippen molar-refractivity contribution in [1.29, 1.82) is 0 Å². The smallest absolute Gasteiger partial charge is 0.176 e. The fraction of sp³-hybridized carbons (Fsp3) is 0.429. The molecule has 0 spiro atoms. The normalized spacial score (nSPS) is 20.8. The third-order valence-corrected chi connectivity index (χ3v) is 4.71. The molecule has 0 bridgehead atoms. The number of rotatable bonds is 3. The van der Waals surface area contributed by atoms with Crippen LogP contribution in [-0.4, -0.2) is 22.1 Å². The van der Waals surface area contributed by atoms with Gasteiger partial charge in [-0.1, -0.05) is 24.3 Å². The van der Waals surface area contributed by atoms with Gasteiger partial charge in [-0.2, -0.15) is 0 Å². The fourth-order valence-corrected chi connectivity index (χ4v) is 3.23. The summed E-state index contributed by atoms with van der Waals surface area (Å²) in [5.41, 5.74) is 1.98. The molecule has 1 aromatic rings. The highest BCUT2D eigenvalue weighted by molar-refractivity contribution is 8.01. The molecule has 0 saturated carbocycles. The first-order chi connectivity index (χ1) is 8.09. The number of carbonyl (C=O) groups is 2. The number of aryl methyl sites for hydroxylation is 1. The first-order valence-electron chi connectivity index (χ1n) is 5.87. The lowest BCUT2D eigenvalue weighted by atomic mass is 9.90.